The van der Waals surface area contributed by atoms with Gasteiger partial charge in [0, 0.05) is 0 Å². The quantitative estimate of drug-likeness (QED) is 0.193. The number of rotatable bonds is 2. The van der Waals surface area contributed by atoms with Crippen LogP contribution in [0.1, 0.15) is 26.4 Å². The molecule has 0 saturated heterocycles. The molecule has 25 heavy (non-hydrogen) atoms. The molecule has 1 unspecified atom stereocenters. The molecule has 3 aromatic carbocycles. The Morgan fingerprint density at radius 2 is 1.52 bits per heavy atom. The molecule has 0 amide bonds. The molecule has 5 rings (SSSR count). The van der Waals surface area contributed by atoms with Gasteiger partial charge < -0.3 is 48.0 Å². The molecule has 3 heteroatoms. The molecule has 0 radical (unpaired) electrons. The van der Waals surface area contributed by atoms with Gasteiger partial charge in [-0.05, 0) is 0 Å². The second kappa shape index (κ2) is 8.09. The summed E-state index contributed by atoms with van der Waals surface area (Å²) in [7, 11) is 0. The van der Waals surface area contributed by atoms with E-state index in [0.717, 1.165) is 6.42 Å². The molecule has 2 aliphatic carbocycles. The van der Waals surface area contributed by atoms with E-state index in [4.69, 9.17) is 0 Å². The van der Waals surface area contributed by atoms with E-state index in [1.54, 1.807) is 9.34 Å². The minimum Gasteiger partial charge on any atom is -1.00 e. The van der Waals surface area contributed by atoms with Crippen LogP contribution in [-0.4, -0.2) is 0 Å². The van der Waals surface area contributed by atoms with E-state index < -0.39 is 19.8 Å². The van der Waals surface area contributed by atoms with Gasteiger partial charge in [-0.25, -0.2) is 0 Å². The van der Waals surface area contributed by atoms with E-state index in [2.05, 4.69) is 78.9 Å². The number of hydrogen-bond donors (Lipinski definition) is 0. The Balaban J connectivity index is 0.000000911. The summed E-state index contributed by atoms with van der Waals surface area (Å²) in [5, 5.41) is 0. The van der Waals surface area contributed by atoms with E-state index >= 15 is 0 Å². The summed E-state index contributed by atoms with van der Waals surface area (Å²) < 4.78 is 2.32. The predicted octanol–water partition coefficient (Wildman–Crippen LogP) is -1.26. The minimum atomic E-state index is -0.484. The fraction of sp³-hybridized carbons (Fsp3) is 0.0909. The number of halogens is 2. The van der Waals surface area contributed by atoms with E-state index in [0.29, 0.717) is 4.14 Å². The third kappa shape index (κ3) is 3.44. The normalized spacial score (nSPS) is 15.3. The van der Waals surface area contributed by atoms with Gasteiger partial charge in [0.1, 0.15) is 0 Å². The maximum absolute atomic E-state index is 2.43. The van der Waals surface area contributed by atoms with Crippen molar-refractivity contribution in [1.82, 2.24) is 0 Å². The summed E-state index contributed by atoms with van der Waals surface area (Å²) in [4.78, 5) is 0. The van der Waals surface area contributed by atoms with Crippen LogP contribution in [0.15, 0.2) is 72.8 Å². The zero-order valence-electron chi connectivity index (χ0n) is 13.5. The van der Waals surface area contributed by atoms with Crippen LogP contribution in [0.25, 0.3) is 17.2 Å². The summed E-state index contributed by atoms with van der Waals surface area (Å²) in [6, 6.07) is 24.7. The van der Waals surface area contributed by atoms with E-state index in [-0.39, 0.29) is 48.0 Å². The van der Waals surface area contributed by atoms with Gasteiger partial charge in [-0.2, -0.15) is 0 Å². The second-order valence-corrected chi connectivity index (χ2v) is 9.39. The number of benzene rings is 3. The van der Waals surface area contributed by atoms with Crippen molar-refractivity contribution in [3.05, 3.63) is 95.1 Å². The number of allylic oxidation sites excluding steroid dienone is 1. The average Bonchev–Trinajstić information content (AvgIpc) is 3.17. The minimum absolute atomic E-state index is 0. The van der Waals surface area contributed by atoms with Crippen molar-refractivity contribution in [2.75, 3.05) is 0 Å². The molecular weight excluding hydrogens is 611 g/mol. The van der Waals surface area contributed by atoms with Gasteiger partial charge in [0.25, 0.3) is 0 Å². The van der Waals surface area contributed by atoms with Crippen LogP contribution in [0, 0.1) is 0 Å². The maximum atomic E-state index is 2.43. The topological polar surface area (TPSA) is 0 Å². The maximum Gasteiger partial charge on any atom is -1.00 e. The molecule has 0 saturated carbocycles. The van der Waals surface area contributed by atoms with E-state index in [1.165, 1.54) is 27.8 Å². The van der Waals surface area contributed by atoms with Crippen molar-refractivity contribution in [2.24, 2.45) is 0 Å². The van der Waals surface area contributed by atoms with Gasteiger partial charge in [-0.1, -0.05) is 0 Å². The Labute approximate surface area is 192 Å². The zero-order chi connectivity index (χ0) is 15.2. The van der Waals surface area contributed by atoms with E-state index in [9.17, 15) is 0 Å². The first kappa shape index (κ1) is 19.4. The second-order valence-electron chi connectivity index (χ2n) is 6.20. The smallest absolute Gasteiger partial charge is 1.00 e. The van der Waals surface area contributed by atoms with E-state index in [1.807, 2.05) is 0 Å². The molecule has 3 aromatic rings. The largest absolute Gasteiger partial charge is 1.00 e. The molecule has 0 spiro atoms. The van der Waals surface area contributed by atoms with Gasteiger partial charge in [-0.15, -0.1) is 0 Å². The molecule has 1 atom stereocenters. The molecule has 0 heterocycles. The van der Waals surface area contributed by atoms with Crippen LogP contribution in [0.2, 0.25) is 0 Å². The first-order valence-corrected chi connectivity index (χ1v) is 10.5. The van der Waals surface area contributed by atoms with Gasteiger partial charge in [0.15, 0.2) is 0 Å². The Morgan fingerprint density at radius 3 is 2.44 bits per heavy atom. The number of fused-ring (bicyclic) bond motifs is 4. The molecule has 123 valence electrons. The summed E-state index contributed by atoms with van der Waals surface area (Å²) in [5.41, 5.74) is 8.98. The van der Waals surface area contributed by atoms with Gasteiger partial charge in [-0.3, -0.25) is 0 Å². The molecule has 0 nitrogen and oxygen atoms in total. The molecular formula is C22H16I2Nb. The van der Waals surface area contributed by atoms with Crippen LogP contribution < -0.4 is 51.7 Å². The Morgan fingerprint density at radius 1 is 0.760 bits per heavy atom. The van der Waals surface area contributed by atoms with Crippen LogP contribution in [0.3, 0.4) is 0 Å². The average molecular weight is 627 g/mol. The van der Waals surface area contributed by atoms with Crippen LogP contribution in [0.5, 0.6) is 0 Å². The Bertz CT molecular complexity index is 946. The molecule has 2 aliphatic rings. The van der Waals surface area contributed by atoms with Crippen LogP contribution >= 0.6 is 0 Å². The Kier molecular flexibility index (Phi) is 6.27. The standard InChI is InChI=1S/C13H9.C9H7.2HI.Nb/c1-3-7-12-10(5-1)9-11-6-2-4-8-13(11)12;1-2-5-9-7-3-6-8(9)4-1;;;/h1-5,7-8H,9H2;1-7H;2*1H;/q;;;;+2/p-2. The van der Waals surface area contributed by atoms with Gasteiger partial charge >= 0.3 is 146 Å². The first-order chi connectivity index (χ1) is 11.4. The fourth-order valence-corrected chi connectivity index (χ4v) is 7.13. The number of hydrogen-bond acceptors (Lipinski definition) is 0. The van der Waals surface area contributed by atoms with Crippen LogP contribution in [-0.2, 0) is 26.2 Å². The molecule has 0 N–H and O–H groups in total. The summed E-state index contributed by atoms with van der Waals surface area (Å²) in [6.45, 7) is 0. The summed E-state index contributed by atoms with van der Waals surface area (Å²) in [5.74, 6) is 0. The van der Waals surface area contributed by atoms with Crippen molar-refractivity contribution in [3.8, 4) is 11.1 Å². The van der Waals surface area contributed by atoms with Crippen molar-refractivity contribution >= 4 is 9.86 Å². The van der Waals surface area contributed by atoms with Crippen LogP contribution in [0.4, 0.5) is 0 Å². The third-order valence-electron chi connectivity index (χ3n) is 4.88. The molecule has 0 aliphatic heterocycles. The Hall–Kier alpha value is -0.400. The summed E-state index contributed by atoms with van der Waals surface area (Å²) in [6.07, 6.45) is 5.87. The monoisotopic (exact) mass is 627 g/mol. The first-order valence-electron chi connectivity index (χ1n) is 8.08. The van der Waals surface area contributed by atoms with Gasteiger partial charge in [0.05, 0.1) is 0 Å². The van der Waals surface area contributed by atoms with Crippen molar-refractivity contribution in [3.63, 3.8) is 0 Å². The predicted molar refractivity (Wildman–Crippen MR) is 92.5 cm³/mol. The SMILES string of the molecule is C1=C[CH]([Nb+2][c]2cccc3c2Cc2ccccc2-3)c2ccccc21.[I-].[I-]. The molecule has 0 fully saturated rings. The van der Waals surface area contributed by atoms with Crippen molar-refractivity contribution < 1.29 is 67.7 Å². The zero-order valence-corrected chi connectivity index (χ0v) is 20.0. The van der Waals surface area contributed by atoms with Gasteiger partial charge in [0.2, 0.25) is 0 Å². The molecule has 0 bridgehead atoms. The van der Waals surface area contributed by atoms with Crippen molar-refractivity contribution in [1.29, 1.82) is 0 Å². The van der Waals surface area contributed by atoms with Crippen molar-refractivity contribution in [2.45, 2.75) is 10.6 Å². The molecule has 0 aromatic heterocycles. The summed E-state index contributed by atoms with van der Waals surface area (Å²) >= 11 is -0.484. The fourth-order valence-electron chi connectivity index (χ4n) is 3.75. The third-order valence-corrected chi connectivity index (χ3v) is 8.38.